The molecule has 11 heavy (non-hydrogen) atoms. The molecule has 0 bridgehead atoms. The molecule has 1 radical (unpaired) electrons. The van der Waals surface area contributed by atoms with E-state index in [-0.39, 0.29) is 0 Å². The van der Waals surface area contributed by atoms with Gasteiger partial charge in [-0.2, -0.15) is 0 Å². The van der Waals surface area contributed by atoms with Crippen LogP contribution in [0.25, 0.3) is 0 Å². The van der Waals surface area contributed by atoms with Crippen molar-refractivity contribution in [3.05, 3.63) is 42.3 Å². The van der Waals surface area contributed by atoms with Gasteiger partial charge >= 0.3 is 0 Å². The molecule has 0 aliphatic heterocycles. The van der Waals surface area contributed by atoms with Crippen LogP contribution >= 0.6 is 0 Å². The van der Waals surface area contributed by atoms with E-state index in [1.165, 1.54) is 30.4 Å². The van der Waals surface area contributed by atoms with Crippen molar-refractivity contribution >= 4 is 0 Å². The molecule has 0 heterocycles. The third-order valence-electron chi connectivity index (χ3n) is 2.49. The van der Waals surface area contributed by atoms with Crippen LogP contribution in [0.3, 0.4) is 0 Å². The first-order valence-electron chi connectivity index (χ1n) is 4.29. The largest absolute Gasteiger partial charge is 0.0620 e. The molecule has 57 valence electrons. The normalized spacial score (nSPS) is 22.8. The minimum atomic E-state index is 0.542. The Hall–Kier alpha value is -0.780. The quantitative estimate of drug-likeness (QED) is 0.526. The van der Waals surface area contributed by atoms with Gasteiger partial charge < -0.3 is 0 Å². The summed E-state index contributed by atoms with van der Waals surface area (Å²) in [5.41, 5.74) is 2.98. The molecular weight excluding hydrogens is 132 g/mol. The monoisotopic (exact) mass is 145 g/mol. The molecular formula is C11H13. The molecule has 0 fully saturated rings. The predicted molar refractivity (Wildman–Crippen MR) is 47.5 cm³/mol. The molecule has 0 N–H and O–H groups in total. The molecule has 1 unspecified atom stereocenters. The van der Waals surface area contributed by atoms with Crippen LogP contribution in [-0.4, -0.2) is 0 Å². The average molecular weight is 145 g/mol. The summed E-state index contributed by atoms with van der Waals surface area (Å²) in [7, 11) is 0. The van der Waals surface area contributed by atoms with Crippen molar-refractivity contribution in [2.24, 2.45) is 0 Å². The Labute approximate surface area is 68.3 Å². The lowest BCUT2D eigenvalue weighted by Gasteiger charge is -2.21. The fourth-order valence-electron chi connectivity index (χ4n) is 1.85. The molecule has 1 aromatic carbocycles. The SMILES string of the molecule is [CH2]C1CCCc2ccccc21. The molecule has 0 amide bonds. The first-order chi connectivity index (χ1) is 5.38. The zero-order valence-corrected chi connectivity index (χ0v) is 6.72. The van der Waals surface area contributed by atoms with E-state index >= 15 is 0 Å². The van der Waals surface area contributed by atoms with Crippen LogP contribution < -0.4 is 0 Å². The van der Waals surface area contributed by atoms with E-state index in [2.05, 4.69) is 31.2 Å². The highest BCUT2D eigenvalue weighted by atomic mass is 14.2. The van der Waals surface area contributed by atoms with E-state index in [0.29, 0.717) is 5.92 Å². The van der Waals surface area contributed by atoms with Crippen molar-refractivity contribution in [1.82, 2.24) is 0 Å². The van der Waals surface area contributed by atoms with Gasteiger partial charge in [-0.1, -0.05) is 24.3 Å². The van der Waals surface area contributed by atoms with E-state index < -0.39 is 0 Å². The van der Waals surface area contributed by atoms with Crippen molar-refractivity contribution in [3.8, 4) is 0 Å². The minimum absolute atomic E-state index is 0.542. The summed E-state index contributed by atoms with van der Waals surface area (Å²) < 4.78 is 0. The van der Waals surface area contributed by atoms with Gasteiger partial charge in [-0.15, -0.1) is 0 Å². The van der Waals surface area contributed by atoms with E-state index in [0.717, 1.165) is 0 Å². The molecule has 1 aromatic rings. The number of fused-ring (bicyclic) bond motifs is 1. The summed E-state index contributed by atoms with van der Waals surface area (Å²) >= 11 is 0. The van der Waals surface area contributed by atoms with Gasteiger partial charge in [0, 0.05) is 0 Å². The maximum atomic E-state index is 4.14. The molecule has 2 rings (SSSR count). The Morgan fingerprint density at radius 3 is 2.91 bits per heavy atom. The summed E-state index contributed by atoms with van der Waals surface area (Å²) in [5, 5.41) is 0. The fraction of sp³-hybridized carbons (Fsp3) is 0.364. The number of hydrogen-bond donors (Lipinski definition) is 0. The third kappa shape index (κ3) is 1.18. The maximum Gasteiger partial charge on any atom is -0.0159 e. The lowest BCUT2D eigenvalue weighted by atomic mass is 9.84. The van der Waals surface area contributed by atoms with E-state index in [1.54, 1.807) is 0 Å². The highest BCUT2D eigenvalue weighted by Gasteiger charge is 2.14. The van der Waals surface area contributed by atoms with Gasteiger partial charge in [-0.25, -0.2) is 0 Å². The molecule has 0 saturated heterocycles. The molecule has 1 aliphatic carbocycles. The van der Waals surface area contributed by atoms with Gasteiger partial charge in [0.05, 0.1) is 0 Å². The van der Waals surface area contributed by atoms with E-state index in [9.17, 15) is 0 Å². The second-order valence-corrected chi connectivity index (χ2v) is 3.29. The van der Waals surface area contributed by atoms with Gasteiger partial charge in [-0.05, 0) is 43.2 Å². The zero-order chi connectivity index (χ0) is 7.68. The maximum absolute atomic E-state index is 4.14. The Balaban J connectivity index is 2.44. The Kier molecular flexibility index (Phi) is 1.69. The summed E-state index contributed by atoms with van der Waals surface area (Å²) in [5.74, 6) is 0.542. The van der Waals surface area contributed by atoms with Gasteiger partial charge in [0.2, 0.25) is 0 Å². The van der Waals surface area contributed by atoms with E-state index in [1.807, 2.05) is 0 Å². The molecule has 1 atom stereocenters. The van der Waals surface area contributed by atoms with Gasteiger partial charge in [0.25, 0.3) is 0 Å². The fourth-order valence-corrected chi connectivity index (χ4v) is 1.85. The van der Waals surface area contributed by atoms with Gasteiger partial charge in [0.1, 0.15) is 0 Å². The van der Waals surface area contributed by atoms with Crippen LogP contribution in [0.5, 0.6) is 0 Å². The van der Waals surface area contributed by atoms with Crippen LogP contribution in [0.1, 0.15) is 29.9 Å². The number of benzene rings is 1. The Morgan fingerprint density at radius 1 is 1.27 bits per heavy atom. The highest BCUT2D eigenvalue weighted by molar-refractivity contribution is 5.32. The zero-order valence-electron chi connectivity index (χ0n) is 6.72. The molecule has 0 nitrogen and oxygen atoms in total. The Morgan fingerprint density at radius 2 is 2.09 bits per heavy atom. The van der Waals surface area contributed by atoms with Crippen molar-refractivity contribution in [1.29, 1.82) is 0 Å². The topological polar surface area (TPSA) is 0 Å². The first-order valence-corrected chi connectivity index (χ1v) is 4.29. The number of aryl methyl sites for hydroxylation is 1. The molecule has 0 heteroatoms. The summed E-state index contributed by atoms with van der Waals surface area (Å²) in [6, 6.07) is 8.68. The third-order valence-corrected chi connectivity index (χ3v) is 2.49. The van der Waals surface area contributed by atoms with Crippen LogP contribution in [0.2, 0.25) is 0 Å². The number of rotatable bonds is 0. The predicted octanol–water partition coefficient (Wildman–Crippen LogP) is 2.94. The lowest BCUT2D eigenvalue weighted by Crippen LogP contribution is -2.06. The smallest absolute Gasteiger partial charge is 0.0159 e. The van der Waals surface area contributed by atoms with Crippen LogP contribution in [0.15, 0.2) is 24.3 Å². The van der Waals surface area contributed by atoms with Crippen molar-refractivity contribution in [2.75, 3.05) is 0 Å². The van der Waals surface area contributed by atoms with Crippen molar-refractivity contribution in [3.63, 3.8) is 0 Å². The summed E-state index contributed by atoms with van der Waals surface area (Å²) in [6.45, 7) is 4.14. The second-order valence-electron chi connectivity index (χ2n) is 3.29. The minimum Gasteiger partial charge on any atom is -0.0620 e. The lowest BCUT2D eigenvalue weighted by molar-refractivity contribution is 0.627. The second kappa shape index (κ2) is 2.69. The number of hydrogen-bond acceptors (Lipinski definition) is 0. The van der Waals surface area contributed by atoms with Crippen LogP contribution in [-0.2, 0) is 6.42 Å². The van der Waals surface area contributed by atoms with Crippen molar-refractivity contribution in [2.45, 2.75) is 25.2 Å². The molecule has 0 aromatic heterocycles. The van der Waals surface area contributed by atoms with E-state index in [4.69, 9.17) is 0 Å². The summed E-state index contributed by atoms with van der Waals surface area (Å²) in [4.78, 5) is 0. The highest BCUT2D eigenvalue weighted by Crippen LogP contribution is 2.29. The van der Waals surface area contributed by atoms with Crippen molar-refractivity contribution < 1.29 is 0 Å². The first kappa shape index (κ1) is 6.90. The average Bonchev–Trinajstić information content (AvgIpc) is 2.06. The summed E-state index contributed by atoms with van der Waals surface area (Å²) in [6.07, 6.45) is 3.82. The van der Waals surface area contributed by atoms with Crippen LogP contribution in [0, 0.1) is 6.92 Å². The van der Waals surface area contributed by atoms with Crippen LogP contribution in [0.4, 0.5) is 0 Å². The molecule has 0 spiro atoms. The van der Waals surface area contributed by atoms with Gasteiger partial charge in [-0.3, -0.25) is 0 Å². The standard InChI is InChI=1S/C11H13/c1-9-5-4-7-10-6-2-3-8-11(9)10/h2-3,6,8-9H,1,4-5,7H2. The molecule has 1 aliphatic rings. The Bertz CT molecular complexity index is 250. The molecule has 0 saturated carbocycles. The van der Waals surface area contributed by atoms with Gasteiger partial charge in [0.15, 0.2) is 0 Å².